The molecule has 0 radical (unpaired) electrons. The van der Waals surface area contributed by atoms with Crippen LogP contribution in [-0.2, 0) is 9.59 Å². The minimum atomic E-state index is -1.00. The number of hydrogen-bond donors (Lipinski definition) is 1. The summed E-state index contributed by atoms with van der Waals surface area (Å²) in [6, 6.07) is 0. The molecule has 0 fully saturated rings. The molecule has 0 unspecified atom stereocenters. The predicted octanol–water partition coefficient (Wildman–Crippen LogP) is -1.08. The Balaban J connectivity index is 0. The van der Waals surface area contributed by atoms with Crippen LogP contribution in [0.1, 0.15) is 13.3 Å². The third-order valence-electron chi connectivity index (χ3n) is 0.906. The van der Waals surface area contributed by atoms with Gasteiger partial charge in [-0.1, -0.05) is 6.92 Å². The van der Waals surface area contributed by atoms with Crippen molar-refractivity contribution in [1.82, 2.24) is 0 Å². The molecule has 0 heterocycles. The van der Waals surface area contributed by atoms with E-state index >= 15 is 0 Å². The first-order valence-corrected chi connectivity index (χ1v) is 3.91. The standard InChI is InChI=1S/C5H11NO2.C3H6O2/c1-6(2,3)4-5(7)8;1-2-3(4)5/h4H2,1-3H3;2H2,1H3,(H,4,5). The zero-order valence-corrected chi connectivity index (χ0v) is 8.53. The van der Waals surface area contributed by atoms with Crippen LogP contribution in [0.4, 0.5) is 0 Å². The zero-order chi connectivity index (χ0) is 11.1. The van der Waals surface area contributed by atoms with E-state index in [0.717, 1.165) is 0 Å². The van der Waals surface area contributed by atoms with E-state index < -0.39 is 11.9 Å². The van der Waals surface area contributed by atoms with E-state index in [0.29, 0.717) is 4.48 Å². The van der Waals surface area contributed by atoms with Crippen LogP contribution in [0.3, 0.4) is 0 Å². The molecule has 0 aliphatic rings. The summed E-state index contributed by atoms with van der Waals surface area (Å²) in [6.45, 7) is 1.67. The summed E-state index contributed by atoms with van der Waals surface area (Å²) in [5.41, 5.74) is 0. The summed E-state index contributed by atoms with van der Waals surface area (Å²) in [5, 5.41) is 17.6. The van der Waals surface area contributed by atoms with Gasteiger partial charge < -0.3 is 19.5 Å². The van der Waals surface area contributed by atoms with Gasteiger partial charge in [-0.05, 0) is 0 Å². The molecule has 0 amide bonds. The van der Waals surface area contributed by atoms with Crippen molar-refractivity contribution in [3.05, 3.63) is 0 Å². The highest BCUT2D eigenvalue weighted by molar-refractivity contribution is 5.66. The molecule has 0 aromatic rings. The first-order valence-electron chi connectivity index (χ1n) is 3.91. The van der Waals surface area contributed by atoms with Gasteiger partial charge in [0.25, 0.3) is 0 Å². The Morgan fingerprint density at radius 3 is 1.62 bits per heavy atom. The van der Waals surface area contributed by atoms with Crippen LogP contribution in [0.25, 0.3) is 0 Å². The molecule has 0 atom stereocenters. The highest BCUT2D eigenvalue weighted by atomic mass is 16.4. The van der Waals surface area contributed by atoms with E-state index in [4.69, 9.17) is 5.11 Å². The number of hydrogen-bond acceptors (Lipinski definition) is 3. The number of aliphatic carboxylic acids is 2. The molecule has 0 saturated carbocycles. The summed E-state index contributed by atoms with van der Waals surface area (Å²) in [6.07, 6.45) is 0.222. The molecule has 13 heavy (non-hydrogen) atoms. The molecule has 1 N–H and O–H groups in total. The molecule has 78 valence electrons. The van der Waals surface area contributed by atoms with E-state index in [1.54, 1.807) is 28.1 Å². The van der Waals surface area contributed by atoms with Crippen molar-refractivity contribution in [3.63, 3.8) is 0 Å². The van der Waals surface area contributed by atoms with Crippen LogP contribution < -0.4 is 5.11 Å². The van der Waals surface area contributed by atoms with Crippen molar-refractivity contribution in [3.8, 4) is 0 Å². The van der Waals surface area contributed by atoms with Gasteiger partial charge in [0.05, 0.1) is 27.1 Å². The fraction of sp³-hybridized carbons (Fsp3) is 0.750. The number of carboxylic acid groups (broad SMARTS) is 2. The highest BCUT2D eigenvalue weighted by Gasteiger charge is 2.04. The van der Waals surface area contributed by atoms with Crippen LogP contribution in [0, 0.1) is 0 Å². The van der Waals surface area contributed by atoms with Gasteiger partial charge in [0.2, 0.25) is 0 Å². The van der Waals surface area contributed by atoms with Crippen molar-refractivity contribution in [2.24, 2.45) is 0 Å². The topological polar surface area (TPSA) is 77.4 Å². The molecule has 0 aliphatic carbocycles. The highest BCUT2D eigenvalue weighted by Crippen LogP contribution is 1.84. The van der Waals surface area contributed by atoms with Gasteiger partial charge in [0.1, 0.15) is 6.54 Å². The van der Waals surface area contributed by atoms with Gasteiger partial charge in [0.15, 0.2) is 0 Å². The summed E-state index contributed by atoms with van der Waals surface area (Å²) < 4.78 is 0.419. The molecule has 0 aromatic carbocycles. The molecule has 0 bridgehead atoms. The van der Waals surface area contributed by atoms with Gasteiger partial charge in [-0.15, -0.1) is 0 Å². The maximum Gasteiger partial charge on any atom is 0.303 e. The molecule has 0 spiro atoms. The second kappa shape index (κ2) is 6.42. The van der Waals surface area contributed by atoms with E-state index in [1.807, 2.05) is 0 Å². The summed E-state index contributed by atoms with van der Waals surface area (Å²) in [4.78, 5) is 19.3. The molecule has 0 aliphatic heterocycles. The number of quaternary nitrogens is 1. The fourth-order valence-corrected chi connectivity index (χ4v) is 0.387. The third kappa shape index (κ3) is 24.8. The minimum absolute atomic E-state index is 0.0694. The Hall–Kier alpha value is -1.10. The minimum Gasteiger partial charge on any atom is -0.544 e. The molecular weight excluding hydrogens is 174 g/mol. The van der Waals surface area contributed by atoms with Crippen LogP contribution in [0.15, 0.2) is 0 Å². The number of carbonyl (C=O) groups is 2. The molecule has 0 saturated heterocycles. The summed E-state index contributed by atoms with van der Waals surface area (Å²) >= 11 is 0. The number of nitrogens with zero attached hydrogens (tertiary/aromatic N) is 1. The second-order valence-corrected chi connectivity index (χ2v) is 3.57. The average molecular weight is 191 g/mol. The SMILES string of the molecule is CCC(=O)O.C[N+](C)(C)CC(=O)[O-]. The lowest BCUT2D eigenvalue weighted by molar-refractivity contribution is -0.864. The Kier molecular flexibility index (Phi) is 7.12. The van der Waals surface area contributed by atoms with E-state index in [9.17, 15) is 14.7 Å². The number of likely N-dealkylation sites (N-methyl/N-ethyl adjacent to an activating group) is 1. The van der Waals surface area contributed by atoms with Crippen LogP contribution >= 0.6 is 0 Å². The van der Waals surface area contributed by atoms with E-state index in [2.05, 4.69) is 0 Å². The predicted molar refractivity (Wildman–Crippen MR) is 45.8 cm³/mol. The van der Waals surface area contributed by atoms with Crippen LogP contribution in [0.5, 0.6) is 0 Å². The first kappa shape index (κ1) is 14.4. The van der Waals surface area contributed by atoms with Gasteiger partial charge in [-0.25, -0.2) is 0 Å². The Morgan fingerprint density at radius 2 is 1.62 bits per heavy atom. The first-order chi connectivity index (χ1) is 5.69. The van der Waals surface area contributed by atoms with Gasteiger partial charge >= 0.3 is 5.97 Å². The lowest BCUT2D eigenvalue weighted by atomic mass is 10.5. The molecule has 0 rings (SSSR count). The summed E-state index contributed by atoms with van der Waals surface area (Å²) in [7, 11) is 5.40. The Bertz CT molecular complexity index is 171. The maximum atomic E-state index is 9.89. The average Bonchev–Trinajstić information content (AvgIpc) is 1.83. The van der Waals surface area contributed by atoms with Gasteiger partial charge in [0, 0.05) is 6.42 Å². The quantitative estimate of drug-likeness (QED) is 0.576. The Labute approximate surface area is 78.2 Å². The lowest BCUT2D eigenvalue weighted by Gasteiger charge is -2.23. The Morgan fingerprint density at radius 1 is 1.31 bits per heavy atom. The summed E-state index contributed by atoms with van der Waals surface area (Å²) in [5.74, 6) is -1.75. The van der Waals surface area contributed by atoms with Crippen LogP contribution in [-0.4, -0.2) is 49.2 Å². The molecule has 0 aromatic heterocycles. The van der Waals surface area contributed by atoms with Crippen molar-refractivity contribution in [1.29, 1.82) is 0 Å². The van der Waals surface area contributed by atoms with Crippen LogP contribution in [0.2, 0.25) is 0 Å². The zero-order valence-electron chi connectivity index (χ0n) is 8.53. The van der Waals surface area contributed by atoms with Gasteiger partial charge in [-0.2, -0.15) is 0 Å². The molecule has 5 heteroatoms. The van der Waals surface area contributed by atoms with Crippen molar-refractivity contribution in [2.45, 2.75) is 13.3 Å². The molecular formula is C8H17NO4. The van der Waals surface area contributed by atoms with E-state index in [1.165, 1.54) is 0 Å². The van der Waals surface area contributed by atoms with Gasteiger partial charge in [-0.3, -0.25) is 4.79 Å². The van der Waals surface area contributed by atoms with Crippen molar-refractivity contribution >= 4 is 11.9 Å². The number of rotatable bonds is 3. The van der Waals surface area contributed by atoms with E-state index in [-0.39, 0.29) is 13.0 Å². The smallest absolute Gasteiger partial charge is 0.303 e. The van der Waals surface area contributed by atoms with Crippen molar-refractivity contribution < 1.29 is 24.3 Å². The normalized spacial score (nSPS) is 9.85. The maximum absolute atomic E-state index is 9.89. The lowest BCUT2D eigenvalue weighted by Crippen LogP contribution is -2.45. The third-order valence-corrected chi connectivity index (χ3v) is 0.906. The largest absolute Gasteiger partial charge is 0.544 e. The fourth-order valence-electron chi connectivity index (χ4n) is 0.387. The van der Waals surface area contributed by atoms with Crippen molar-refractivity contribution in [2.75, 3.05) is 27.7 Å². The number of carboxylic acids is 2. The molecule has 5 nitrogen and oxygen atoms in total. The second-order valence-electron chi connectivity index (χ2n) is 3.57. The number of carbonyl (C=O) groups excluding carboxylic acids is 1. The monoisotopic (exact) mass is 191 g/mol.